The zero-order chi connectivity index (χ0) is 5.98. The van der Waals surface area contributed by atoms with Crippen LogP contribution in [0.3, 0.4) is 0 Å². The fraction of sp³-hybridized carbons (Fsp3) is 0. The van der Waals surface area contributed by atoms with Crippen LogP contribution in [0.15, 0.2) is 24.3 Å². The minimum absolute atomic E-state index is 0. The number of rotatable bonds is 0. The molecule has 2 nitrogen and oxygen atoms in total. The van der Waals surface area contributed by atoms with Crippen LogP contribution in [0.4, 0.5) is 11.4 Å². The Morgan fingerprint density at radius 2 is 1.00 bits per heavy atom. The van der Waals surface area contributed by atoms with Crippen molar-refractivity contribution >= 4 is 11.4 Å². The van der Waals surface area contributed by atoms with Crippen LogP contribution in [-0.4, -0.2) is 0 Å². The van der Waals surface area contributed by atoms with E-state index in [2.05, 4.69) is 0 Å². The quantitative estimate of drug-likeness (QED) is 0.312. The number of benzene rings is 1. The van der Waals surface area contributed by atoms with Crippen molar-refractivity contribution in [2.24, 2.45) is 0 Å². The topological polar surface area (TPSA) is 52.0 Å². The van der Waals surface area contributed by atoms with Crippen LogP contribution in [0.5, 0.6) is 0 Å². The Morgan fingerprint density at radius 1 is 0.800 bits per heavy atom. The zero-order valence-electron chi connectivity index (χ0n) is 5.84. The zero-order valence-corrected chi connectivity index (χ0v) is 9.72. The molecule has 0 fully saturated rings. The van der Waals surface area contributed by atoms with Crippen molar-refractivity contribution in [2.45, 2.75) is 0 Å². The summed E-state index contributed by atoms with van der Waals surface area (Å²) < 4.78 is 0. The van der Waals surface area contributed by atoms with Crippen molar-refractivity contribution in [2.75, 3.05) is 11.5 Å². The number of hydrogen-bond donors (Lipinski definition) is 2. The molecule has 0 aliphatic carbocycles. The predicted molar refractivity (Wildman–Crippen MR) is 35.3 cm³/mol. The number of anilines is 2. The van der Waals surface area contributed by atoms with Gasteiger partial charge in [0.1, 0.15) is 0 Å². The minimum Gasteiger partial charge on any atom is -1.00 e. The fourth-order valence-electron chi connectivity index (χ4n) is 0.496. The van der Waals surface area contributed by atoms with Crippen LogP contribution in [-0.2, 0) is 0 Å². The molecular weight excluding hydrogens is 175 g/mol. The summed E-state index contributed by atoms with van der Waals surface area (Å²) in [6.45, 7) is 0. The summed E-state index contributed by atoms with van der Waals surface area (Å²) in [5.41, 5.74) is 12.2. The van der Waals surface area contributed by atoms with Gasteiger partial charge in [0.05, 0.1) is 0 Å². The third-order valence-electron chi connectivity index (χ3n) is 0.936. The van der Waals surface area contributed by atoms with Gasteiger partial charge in [-0.25, -0.2) is 0 Å². The summed E-state index contributed by atoms with van der Waals surface area (Å²) in [6.07, 6.45) is 0. The Labute approximate surface area is 109 Å². The molecule has 0 heterocycles. The van der Waals surface area contributed by atoms with Crippen LogP contribution in [0.1, 0.15) is 0 Å². The summed E-state index contributed by atoms with van der Waals surface area (Å²) in [4.78, 5) is 0. The van der Waals surface area contributed by atoms with Gasteiger partial charge < -0.3 is 23.9 Å². The van der Waals surface area contributed by atoms with Gasteiger partial charge in [-0.05, 0) is 24.3 Å². The normalized spacial score (nSPS) is 7.20. The van der Waals surface area contributed by atoms with Crippen LogP contribution >= 0.6 is 0 Å². The molecule has 4 heteroatoms. The van der Waals surface area contributed by atoms with Crippen molar-refractivity contribution in [1.29, 1.82) is 0 Å². The van der Waals surface area contributed by atoms with E-state index in [9.17, 15) is 0 Å². The van der Waals surface area contributed by atoms with Crippen LogP contribution in [0.2, 0.25) is 0 Å². The first kappa shape index (κ1) is 13.3. The third-order valence-corrected chi connectivity index (χ3v) is 0.936. The van der Waals surface area contributed by atoms with Crippen LogP contribution < -0.4 is 75.3 Å². The fourth-order valence-corrected chi connectivity index (χ4v) is 0.496. The monoisotopic (exact) mass is 182 g/mol. The Hall–Kier alpha value is 0.746. The molecule has 0 spiro atoms. The summed E-state index contributed by atoms with van der Waals surface area (Å²) in [6, 6.07) is 7.09. The number of nitrogens with two attached hydrogens (primary N) is 2. The maximum atomic E-state index is 5.37. The number of hydrogen-bond acceptors (Lipinski definition) is 2. The van der Waals surface area contributed by atoms with E-state index in [1.165, 1.54) is 0 Å². The molecule has 0 saturated heterocycles. The minimum atomic E-state index is 0. The van der Waals surface area contributed by atoms with E-state index in [0.29, 0.717) is 0 Å². The molecule has 1 rings (SSSR count). The molecule has 0 aromatic heterocycles. The van der Waals surface area contributed by atoms with Gasteiger partial charge in [0, 0.05) is 11.4 Å². The molecule has 10 heavy (non-hydrogen) atoms. The van der Waals surface area contributed by atoms with Gasteiger partial charge in [-0.15, -0.1) is 0 Å². The molecule has 1 aromatic rings. The smallest absolute Gasteiger partial charge is 1.00 e. The van der Waals surface area contributed by atoms with Gasteiger partial charge in [0.25, 0.3) is 0 Å². The Bertz CT molecular complexity index is 155. The molecule has 0 amide bonds. The number of halogens is 1. The van der Waals surface area contributed by atoms with Gasteiger partial charge in [-0.1, -0.05) is 0 Å². The Balaban J connectivity index is 0. The molecule has 0 unspecified atom stereocenters. The molecule has 1 aromatic carbocycles. The first-order valence-electron chi connectivity index (χ1n) is 2.40. The van der Waals surface area contributed by atoms with E-state index in [4.69, 9.17) is 11.5 Å². The van der Waals surface area contributed by atoms with Crippen molar-refractivity contribution < 1.29 is 63.8 Å². The molecular formula is C6H8ClKN2. The maximum Gasteiger partial charge on any atom is 1.00 e. The first-order chi connectivity index (χ1) is 3.79. The van der Waals surface area contributed by atoms with Crippen LogP contribution in [0.25, 0.3) is 0 Å². The first-order valence-corrected chi connectivity index (χ1v) is 2.40. The average molecular weight is 183 g/mol. The van der Waals surface area contributed by atoms with Crippen LogP contribution in [0, 0.1) is 0 Å². The molecule has 0 saturated carbocycles. The molecule has 0 aliphatic rings. The van der Waals surface area contributed by atoms with Crippen molar-refractivity contribution in [3.05, 3.63) is 24.3 Å². The SMILES string of the molecule is Nc1ccc(N)cc1.[Cl-].[K+]. The summed E-state index contributed by atoms with van der Waals surface area (Å²) >= 11 is 0. The van der Waals surface area contributed by atoms with Gasteiger partial charge in [0.15, 0.2) is 0 Å². The van der Waals surface area contributed by atoms with E-state index in [1.807, 2.05) is 0 Å². The summed E-state index contributed by atoms with van der Waals surface area (Å²) in [7, 11) is 0. The Kier molecular flexibility index (Phi) is 8.62. The molecule has 4 N–H and O–H groups in total. The largest absolute Gasteiger partial charge is 1.00 e. The maximum absolute atomic E-state index is 5.37. The second-order valence-electron chi connectivity index (χ2n) is 1.67. The van der Waals surface area contributed by atoms with E-state index in [-0.39, 0.29) is 63.8 Å². The van der Waals surface area contributed by atoms with Crippen molar-refractivity contribution in [1.82, 2.24) is 0 Å². The van der Waals surface area contributed by atoms with E-state index >= 15 is 0 Å². The molecule has 0 radical (unpaired) electrons. The molecule has 0 aliphatic heterocycles. The summed E-state index contributed by atoms with van der Waals surface area (Å²) in [5.74, 6) is 0. The molecule has 0 atom stereocenters. The van der Waals surface area contributed by atoms with Gasteiger partial charge >= 0.3 is 51.4 Å². The summed E-state index contributed by atoms with van der Waals surface area (Å²) in [5, 5.41) is 0. The standard InChI is InChI=1S/C6H8N2.ClH.K/c7-5-1-2-6(8)4-3-5;;/h1-4H,7-8H2;1H;/q;;+1/p-1. The third kappa shape index (κ3) is 4.54. The predicted octanol–water partition coefficient (Wildman–Crippen LogP) is -5.14. The van der Waals surface area contributed by atoms with Gasteiger partial charge in [-0.2, -0.15) is 0 Å². The van der Waals surface area contributed by atoms with E-state index in [0.717, 1.165) is 11.4 Å². The second kappa shape index (κ2) is 6.46. The van der Waals surface area contributed by atoms with Crippen molar-refractivity contribution in [3.63, 3.8) is 0 Å². The molecule has 50 valence electrons. The van der Waals surface area contributed by atoms with E-state index < -0.39 is 0 Å². The van der Waals surface area contributed by atoms with E-state index in [1.54, 1.807) is 24.3 Å². The van der Waals surface area contributed by atoms with Gasteiger partial charge in [0.2, 0.25) is 0 Å². The number of nitrogen functional groups attached to an aromatic ring is 2. The Morgan fingerprint density at radius 3 is 1.20 bits per heavy atom. The second-order valence-corrected chi connectivity index (χ2v) is 1.67. The van der Waals surface area contributed by atoms with Crippen molar-refractivity contribution in [3.8, 4) is 0 Å². The average Bonchev–Trinajstić information content (AvgIpc) is 1.77. The van der Waals surface area contributed by atoms with Gasteiger partial charge in [-0.3, -0.25) is 0 Å². The molecule has 0 bridgehead atoms.